The van der Waals surface area contributed by atoms with Gasteiger partial charge < -0.3 is 25.6 Å². The highest BCUT2D eigenvalue weighted by Gasteiger charge is 2.25. The van der Waals surface area contributed by atoms with Gasteiger partial charge in [0.25, 0.3) is 0 Å². The third-order valence-electron chi connectivity index (χ3n) is 5.03. The van der Waals surface area contributed by atoms with Gasteiger partial charge in [0.1, 0.15) is 0 Å². The van der Waals surface area contributed by atoms with E-state index in [-0.39, 0.29) is 17.8 Å². The molecule has 0 aliphatic carbocycles. The van der Waals surface area contributed by atoms with Crippen molar-refractivity contribution in [3.63, 3.8) is 0 Å². The van der Waals surface area contributed by atoms with E-state index in [1.165, 1.54) is 0 Å². The lowest BCUT2D eigenvalue weighted by Crippen LogP contribution is -2.47. The van der Waals surface area contributed by atoms with Crippen LogP contribution in [-0.4, -0.2) is 66.5 Å². The minimum Gasteiger partial charge on any atom is -0.376 e. The zero-order chi connectivity index (χ0) is 19.7. The highest BCUT2D eigenvalue weighted by atomic mass is 16.5. The number of nitrogens with zero attached hydrogens (tertiary/aromatic N) is 4. The molecule has 0 saturated carbocycles. The molecule has 2 amide bonds. The number of carbonyl (C=O) groups is 1. The number of amides is 2. The van der Waals surface area contributed by atoms with Gasteiger partial charge in [-0.15, -0.1) is 0 Å². The first kappa shape index (κ1) is 19.2. The number of nitrogens with two attached hydrogens (primary N) is 1. The fraction of sp³-hybridized carbons (Fsp3) is 0.556. The monoisotopic (exact) mass is 376 g/mol. The Labute approximate surface area is 158 Å². The number of nitrogens with one attached hydrogen (secondary N) is 1. The van der Waals surface area contributed by atoms with Gasteiger partial charge in [-0.2, -0.15) is 0 Å². The molecule has 0 bridgehead atoms. The van der Waals surface area contributed by atoms with E-state index in [4.69, 9.17) is 10.5 Å². The van der Waals surface area contributed by atoms with Crippen LogP contribution in [0.2, 0.25) is 0 Å². The van der Waals surface area contributed by atoms with E-state index in [9.17, 15) is 9.59 Å². The van der Waals surface area contributed by atoms with Crippen LogP contribution in [0.15, 0.2) is 16.9 Å². The van der Waals surface area contributed by atoms with Gasteiger partial charge in [0.05, 0.1) is 35.1 Å². The van der Waals surface area contributed by atoms with Crippen molar-refractivity contribution in [3.8, 4) is 0 Å². The van der Waals surface area contributed by atoms with Gasteiger partial charge in [-0.25, -0.2) is 9.59 Å². The molecule has 1 aliphatic rings. The lowest BCUT2D eigenvalue weighted by Gasteiger charge is -2.33. The van der Waals surface area contributed by atoms with Crippen LogP contribution in [0.4, 0.5) is 16.2 Å². The van der Waals surface area contributed by atoms with E-state index in [0.717, 1.165) is 23.1 Å². The zero-order valence-electron chi connectivity index (χ0n) is 16.4. The van der Waals surface area contributed by atoms with Crippen molar-refractivity contribution in [2.24, 2.45) is 19.8 Å². The third-order valence-corrected chi connectivity index (χ3v) is 5.03. The second-order valence-corrected chi connectivity index (χ2v) is 7.10. The molecule has 1 aromatic carbocycles. The van der Waals surface area contributed by atoms with E-state index in [1.807, 2.05) is 31.1 Å². The number of rotatable bonds is 4. The number of aryl methyl sites for hydroxylation is 2. The first-order chi connectivity index (χ1) is 12.8. The fourth-order valence-electron chi connectivity index (χ4n) is 3.46. The summed E-state index contributed by atoms with van der Waals surface area (Å²) in [5.41, 5.74) is 8.60. The summed E-state index contributed by atoms with van der Waals surface area (Å²) in [6.45, 7) is 2.09. The Kier molecular flexibility index (Phi) is 5.43. The maximum absolute atomic E-state index is 12.8. The minimum absolute atomic E-state index is 0.0276. The van der Waals surface area contributed by atoms with E-state index in [0.29, 0.717) is 31.9 Å². The van der Waals surface area contributed by atoms with Gasteiger partial charge in [0.15, 0.2) is 0 Å². The molecule has 1 atom stereocenters. The second kappa shape index (κ2) is 7.61. The number of benzene rings is 1. The largest absolute Gasteiger partial charge is 0.376 e. The van der Waals surface area contributed by atoms with E-state index in [1.54, 1.807) is 28.1 Å². The predicted molar refractivity (Wildman–Crippen MR) is 106 cm³/mol. The van der Waals surface area contributed by atoms with E-state index in [2.05, 4.69) is 5.32 Å². The Bertz CT molecular complexity index is 899. The molecule has 3 rings (SSSR count). The molecule has 27 heavy (non-hydrogen) atoms. The summed E-state index contributed by atoms with van der Waals surface area (Å²) in [6.07, 6.45) is 0.699. The second-order valence-electron chi connectivity index (χ2n) is 7.10. The number of aromatic nitrogens is 2. The molecule has 9 heteroatoms. The van der Waals surface area contributed by atoms with E-state index >= 15 is 0 Å². The van der Waals surface area contributed by atoms with Gasteiger partial charge in [-0.05, 0) is 25.1 Å². The molecule has 1 aliphatic heterocycles. The molecule has 1 fully saturated rings. The minimum atomic E-state index is -0.177. The summed E-state index contributed by atoms with van der Waals surface area (Å²) in [4.78, 5) is 28.7. The molecule has 0 unspecified atom stereocenters. The summed E-state index contributed by atoms with van der Waals surface area (Å²) >= 11 is 0. The summed E-state index contributed by atoms with van der Waals surface area (Å²) in [5, 5.41) is 3.01. The van der Waals surface area contributed by atoms with Gasteiger partial charge in [0.2, 0.25) is 0 Å². The topological polar surface area (TPSA) is 97.8 Å². The molecule has 0 radical (unpaired) electrons. The molecule has 2 aromatic rings. The SMILES string of the molecule is CN(C)c1cc2c(cc1NC(=O)N1CCO[C@@H](CCN)C1)n(C)c(=O)n2C. The highest BCUT2D eigenvalue weighted by molar-refractivity contribution is 5.97. The number of morpholine rings is 1. The zero-order valence-corrected chi connectivity index (χ0v) is 16.4. The first-order valence-electron chi connectivity index (χ1n) is 9.08. The summed E-state index contributed by atoms with van der Waals surface area (Å²) < 4.78 is 8.83. The van der Waals surface area contributed by atoms with Crippen molar-refractivity contribution in [2.45, 2.75) is 12.5 Å². The smallest absolute Gasteiger partial charge is 0.328 e. The Morgan fingerprint density at radius 2 is 1.96 bits per heavy atom. The normalized spacial score (nSPS) is 17.4. The molecule has 2 heterocycles. The molecular formula is C18H28N6O3. The van der Waals surface area contributed by atoms with Crippen molar-refractivity contribution >= 4 is 28.4 Å². The number of urea groups is 1. The molecule has 1 saturated heterocycles. The van der Waals surface area contributed by atoms with E-state index < -0.39 is 0 Å². The maximum Gasteiger partial charge on any atom is 0.328 e. The van der Waals surface area contributed by atoms with Gasteiger partial charge in [-0.1, -0.05) is 0 Å². The van der Waals surface area contributed by atoms with Crippen molar-refractivity contribution in [1.82, 2.24) is 14.0 Å². The third kappa shape index (κ3) is 3.65. The summed E-state index contributed by atoms with van der Waals surface area (Å²) in [7, 11) is 7.28. The molecule has 148 valence electrons. The Hall–Kier alpha value is -2.52. The van der Waals surface area contributed by atoms with Crippen molar-refractivity contribution in [3.05, 3.63) is 22.6 Å². The molecule has 1 aromatic heterocycles. The Morgan fingerprint density at radius 3 is 2.59 bits per heavy atom. The van der Waals surface area contributed by atoms with Crippen LogP contribution in [0, 0.1) is 0 Å². The van der Waals surface area contributed by atoms with Crippen LogP contribution < -0.4 is 21.6 Å². The van der Waals surface area contributed by atoms with Crippen LogP contribution in [0.1, 0.15) is 6.42 Å². The molecular weight excluding hydrogens is 348 g/mol. The van der Waals surface area contributed by atoms with Crippen LogP contribution in [-0.2, 0) is 18.8 Å². The first-order valence-corrected chi connectivity index (χ1v) is 9.08. The van der Waals surface area contributed by atoms with Crippen LogP contribution in [0.5, 0.6) is 0 Å². The highest BCUT2D eigenvalue weighted by Crippen LogP contribution is 2.30. The van der Waals surface area contributed by atoms with Crippen LogP contribution in [0.25, 0.3) is 11.0 Å². The fourth-order valence-corrected chi connectivity index (χ4v) is 3.46. The Balaban J connectivity index is 1.91. The predicted octanol–water partition coefficient (Wildman–Crippen LogP) is 0.525. The average molecular weight is 376 g/mol. The van der Waals surface area contributed by atoms with Crippen molar-refractivity contribution in [1.29, 1.82) is 0 Å². The molecule has 0 spiro atoms. The lowest BCUT2D eigenvalue weighted by molar-refractivity contribution is -0.0146. The summed E-state index contributed by atoms with van der Waals surface area (Å²) in [6, 6.07) is 3.59. The quantitative estimate of drug-likeness (QED) is 0.811. The number of hydrogen-bond acceptors (Lipinski definition) is 5. The Morgan fingerprint density at radius 1 is 1.30 bits per heavy atom. The molecule has 9 nitrogen and oxygen atoms in total. The van der Waals surface area contributed by atoms with Crippen LogP contribution >= 0.6 is 0 Å². The average Bonchev–Trinajstić information content (AvgIpc) is 2.85. The number of ether oxygens (including phenoxy) is 1. The number of fused-ring (bicyclic) bond motifs is 1. The number of anilines is 2. The molecule has 3 N–H and O–H groups in total. The van der Waals surface area contributed by atoms with Gasteiger partial charge >= 0.3 is 11.7 Å². The van der Waals surface area contributed by atoms with Crippen LogP contribution in [0.3, 0.4) is 0 Å². The lowest BCUT2D eigenvalue weighted by atomic mass is 10.2. The number of hydrogen-bond donors (Lipinski definition) is 2. The summed E-state index contributed by atoms with van der Waals surface area (Å²) in [5.74, 6) is 0. The van der Waals surface area contributed by atoms with Gasteiger partial charge in [-0.3, -0.25) is 9.13 Å². The number of carbonyl (C=O) groups excluding carboxylic acids is 1. The van der Waals surface area contributed by atoms with Gasteiger partial charge in [0, 0.05) is 41.3 Å². The van der Waals surface area contributed by atoms with Crippen molar-refractivity contribution < 1.29 is 9.53 Å². The maximum atomic E-state index is 12.8. The standard InChI is InChI=1S/C18H28N6O3/c1-21(2)14-10-16-15(22(3)18(26)23(16)4)9-13(14)20-17(25)24-7-8-27-12(11-24)5-6-19/h9-10,12H,5-8,11,19H2,1-4H3,(H,20,25)/t12-/m0/s1. The number of imidazole rings is 1. The van der Waals surface area contributed by atoms with Crippen molar-refractivity contribution in [2.75, 3.05) is 50.6 Å².